The van der Waals surface area contributed by atoms with Gasteiger partial charge < -0.3 is 15.0 Å². The van der Waals surface area contributed by atoms with Crippen molar-refractivity contribution in [3.05, 3.63) is 35.4 Å². The molecule has 122 valence electrons. The molecule has 4 nitrogen and oxygen atoms in total. The number of aliphatic imine (C=N–C) groups is 1. The van der Waals surface area contributed by atoms with Crippen molar-refractivity contribution in [1.82, 2.24) is 10.2 Å². The Morgan fingerprint density at radius 2 is 2.18 bits per heavy atom. The highest BCUT2D eigenvalue weighted by Gasteiger charge is 2.19. The van der Waals surface area contributed by atoms with E-state index < -0.39 is 0 Å². The van der Waals surface area contributed by atoms with Crippen molar-refractivity contribution in [2.24, 2.45) is 4.99 Å². The van der Waals surface area contributed by atoms with E-state index in [-0.39, 0.29) is 24.0 Å². The average molecular weight is 415 g/mol. The maximum atomic E-state index is 5.67. The average Bonchev–Trinajstić information content (AvgIpc) is 3.04. The molecule has 1 saturated heterocycles. The molecule has 1 atom stereocenters. The van der Waals surface area contributed by atoms with Crippen LogP contribution >= 0.6 is 24.0 Å². The van der Waals surface area contributed by atoms with E-state index in [2.05, 4.69) is 39.5 Å². The lowest BCUT2D eigenvalue weighted by atomic mass is 10.0. The van der Waals surface area contributed by atoms with Gasteiger partial charge in [0.1, 0.15) is 0 Å². The minimum atomic E-state index is 0. The fraction of sp³-hybridized carbons (Fsp3) is 0.588. The fourth-order valence-corrected chi connectivity index (χ4v) is 3.23. The summed E-state index contributed by atoms with van der Waals surface area (Å²) in [5, 5.41) is 3.49. The number of benzene rings is 1. The second kappa shape index (κ2) is 8.72. The first-order valence-corrected chi connectivity index (χ1v) is 8.01. The minimum Gasteiger partial charge on any atom is -0.378 e. The Kier molecular flexibility index (Phi) is 6.95. The molecular weight excluding hydrogens is 389 g/mol. The van der Waals surface area contributed by atoms with Gasteiger partial charge in [-0.1, -0.05) is 24.3 Å². The monoisotopic (exact) mass is 415 g/mol. The van der Waals surface area contributed by atoms with Crippen LogP contribution in [-0.4, -0.2) is 43.7 Å². The maximum Gasteiger partial charge on any atom is 0.193 e. The second-order valence-electron chi connectivity index (χ2n) is 5.84. The molecular formula is C17H26IN3O. The van der Waals surface area contributed by atoms with E-state index in [1.165, 1.54) is 24.0 Å². The van der Waals surface area contributed by atoms with Gasteiger partial charge in [0.15, 0.2) is 5.96 Å². The largest absolute Gasteiger partial charge is 0.378 e. The first-order chi connectivity index (χ1) is 10.4. The second-order valence-corrected chi connectivity index (χ2v) is 5.84. The molecule has 0 radical (unpaired) electrons. The van der Waals surface area contributed by atoms with Crippen molar-refractivity contribution >= 4 is 29.9 Å². The van der Waals surface area contributed by atoms with E-state index in [0.29, 0.717) is 6.10 Å². The highest BCUT2D eigenvalue weighted by atomic mass is 127. The lowest BCUT2D eigenvalue weighted by Gasteiger charge is -2.31. The topological polar surface area (TPSA) is 36.9 Å². The third-order valence-electron chi connectivity index (χ3n) is 4.42. The number of rotatable bonds is 3. The Hall–Kier alpha value is -0.820. The molecule has 1 aromatic carbocycles. The number of nitrogens with zero attached hydrogens (tertiary/aromatic N) is 2. The zero-order valence-corrected chi connectivity index (χ0v) is 15.6. The van der Waals surface area contributed by atoms with E-state index in [1.54, 1.807) is 0 Å². The van der Waals surface area contributed by atoms with Crippen LogP contribution in [0.25, 0.3) is 0 Å². The summed E-state index contributed by atoms with van der Waals surface area (Å²) in [6.07, 6.45) is 5.03. The molecule has 3 rings (SSSR count). The summed E-state index contributed by atoms with van der Waals surface area (Å²) < 4.78 is 5.67. The Balaban J connectivity index is 0.00000176. The summed E-state index contributed by atoms with van der Waals surface area (Å²) in [4.78, 5) is 6.78. The number of halogens is 1. The molecule has 22 heavy (non-hydrogen) atoms. The van der Waals surface area contributed by atoms with Gasteiger partial charge in [-0.2, -0.15) is 0 Å². The molecule has 2 aliphatic heterocycles. The van der Waals surface area contributed by atoms with Crippen LogP contribution in [0, 0.1) is 0 Å². The standard InChI is InChI=1S/C17H25N3O.HI/c1-18-17(19-10-8-16-7-4-12-21-16)20-11-9-14-5-2-3-6-15(14)13-20;/h2-3,5-6,16H,4,7-13H2,1H3,(H,18,19);1H. The third kappa shape index (κ3) is 4.35. The summed E-state index contributed by atoms with van der Waals surface area (Å²) in [6.45, 7) is 3.87. The van der Waals surface area contributed by atoms with Gasteiger partial charge in [-0.15, -0.1) is 24.0 Å². The van der Waals surface area contributed by atoms with Crippen LogP contribution in [0.5, 0.6) is 0 Å². The molecule has 0 bridgehead atoms. The van der Waals surface area contributed by atoms with Gasteiger partial charge >= 0.3 is 0 Å². The molecule has 1 aromatic rings. The molecule has 0 saturated carbocycles. The van der Waals surface area contributed by atoms with E-state index in [1.807, 2.05) is 7.05 Å². The Morgan fingerprint density at radius 3 is 2.91 bits per heavy atom. The van der Waals surface area contributed by atoms with Crippen molar-refractivity contribution < 1.29 is 4.74 Å². The Labute approximate surface area is 150 Å². The van der Waals surface area contributed by atoms with Crippen LogP contribution < -0.4 is 5.32 Å². The number of fused-ring (bicyclic) bond motifs is 1. The Bertz CT molecular complexity index is 500. The van der Waals surface area contributed by atoms with Crippen molar-refractivity contribution in [2.75, 3.05) is 26.7 Å². The normalized spacial score (nSPS) is 21.2. The van der Waals surface area contributed by atoms with Gasteiger partial charge in [0.25, 0.3) is 0 Å². The minimum absolute atomic E-state index is 0. The van der Waals surface area contributed by atoms with Crippen molar-refractivity contribution in [3.63, 3.8) is 0 Å². The predicted molar refractivity (Wildman–Crippen MR) is 101 cm³/mol. The van der Waals surface area contributed by atoms with Gasteiger partial charge in [-0.05, 0) is 36.8 Å². The van der Waals surface area contributed by atoms with E-state index in [9.17, 15) is 0 Å². The molecule has 0 amide bonds. The summed E-state index contributed by atoms with van der Waals surface area (Å²) >= 11 is 0. The van der Waals surface area contributed by atoms with Gasteiger partial charge in [-0.25, -0.2) is 0 Å². The van der Waals surface area contributed by atoms with Crippen LogP contribution in [0.2, 0.25) is 0 Å². The van der Waals surface area contributed by atoms with Gasteiger partial charge in [0.05, 0.1) is 6.10 Å². The first kappa shape index (κ1) is 17.5. The van der Waals surface area contributed by atoms with Crippen LogP contribution in [0.1, 0.15) is 30.4 Å². The number of hydrogen-bond donors (Lipinski definition) is 1. The van der Waals surface area contributed by atoms with Gasteiger partial charge in [0, 0.05) is 33.3 Å². The highest BCUT2D eigenvalue weighted by Crippen LogP contribution is 2.18. The van der Waals surface area contributed by atoms with E-state index in [0.717, 1.165) is 45.0 Å². The molecule has 1 fully saturated rings. The number of ether oxygens (including phenoxy) is 1. The molecule has 0 aromatic heterocycles. The predicted octanol–water partition coefficient (Wildman–Crippen LogP) is 2.81. The summed E-state index contributed by atoms with van der Waals surface area (Å²) in [6, 6.07) is 8.71. The molecule has 0 spiro atoms. The summed E-state index contributed by atoms with van der Waals surface area (Å²) in [5.74, 6) is 1.02. The molecule has 0 aliphatic carbocycles. The molecule has 1 unspecified atom stereocenters. The van der Waals surface area contributed by atoms with Crippen LogP contribution in [-0.2, 0) is 17.7 Å². The quantitative estimate of drug-likeness (QED) is 0.469. The number of nitrogens with one attached hydrogen (secondary N) is 1. The molecule has 1 N–H and O–H groups in total. The van der Waals surface area contributed by atoms with Crippen molar-refractivity contribution in [1.29, 1.82) is 0 Å². The maximum absolute atomic E-state index is 5.67. The summed E-state index contributed by atoms with van der Waals surface area (Å²) in [7, 11) is 1.87. The lowest BCUT2D eigenvalue weighted by molar-refractivity contribution is 0.105. The fourth-order valence-electron chi connectivity index (χ4n) is 3.23. The molecule has 2 aliphatic rings. The van der Waals surface area contributed by atoms with Crippen molar-refractivity contribution in [3.8, 4) is 0 Å². The lowest BCUT2D eigenvalue weighted by Crippen LogP contribution is -2.44. The van der Waals surface area contributed by atoms with Crippen LogP contribution in [0.15, 0.2) is 29.3 Å². The van der Waals surface area contributed by atoms with E-state index >= 15 is 0 Å². The number of guanidine groups is 1. The summed E-state index contributed by atoms with van der Waals surface area (Å²) in [5.41, 5.74) is 2.90. The smallest absolute Gasteiger partial charge is 0.193 e. The SMILES string of the molecule is CN=C(NCCC1CCCO1)N1CCc2ccccc2C1.I. The number of hydrogen-bond acceptors (Lipinski definition) is 2. The van der Waals surface area contributed by atoms with Gasteiger partial charge in [0.2, 0.25) is 0 Å². The van der Waals surface area contributed by atoms with E-state index in [4.69, 9.17) is 4.74 Å². The van der Waals surface area contributed by atoms with Crippen molar-refractivity contribution in [2.45, 2.75) is 38.3 Å². The zero-order chi connectivity index (χ0) is 14.5. The zero-order valence-electron chi connectivity index (χ0n) is 13.3. The highest BCUT2D eigenvalue weighted by molar-refractivity contribution is 14.0. The van der Waals surface area contributed by atoms with Crippen LogP contribution in [0.4, 0.5) is 0 Å². The third-order valence-corrected chi connectivity index (χ3v) is 4.42. The molecule has 5 heteroatoms. The first-order valence-electron chi connectivity index (χ1n) is 8.01. The van der Waals surface area contributed by atoms with Crippen LogP contribution in [0.3, 0.4) is 0 Å². The Morgan fingerprint density at radius 1 is 1.36 bits per heavy atom. The van der Waals surface area contributed by atoms with Gasteiger partial charge in [-0.3, -0.25) is 4.99 Å². The molecule has 2 heterocycles.